The van der Waals surface area contributed by atoms with Crippen molar-refractivity contribution in [2.45, 2.75) is 0 Å². The largest absolute Gasteiger partial charge is 0.464 e. The standard InChI is InChI=1S/C11H9NO2/c1-14-11(13)10-9-5-3-2-4-8(9)6-7-12-10/h2-7H,1H3. The lowest BCUT2D eigenvalue weighted by Crippen LogP contribution is -2.04. The first kappa shape index (κ1) is 8.69. The highest BCUT2D eigenvalue weighted by Crippen LogP contribution is 2.16. The number of hydrogen-bond donors (Lipinski definition) is 0. The van der Waals surface area contributed by atoms with Crippen molar-refractivity contribution >= 4 is 16.7 Å². The van der Waals surface area contributed by atoms with Gasteiger partial charge in [0.25, 0.3) is 0 Å². The summed E-state index contributed by atoms with van der Waals surface area (Å²) in [6.07, 6.45) is 1.61. The number of hydrogen-bond acceptors (Lipinski definition) is 3. The number of pyridine rings is 1. The smallest absolute Gasteiger partial charge is 0.357 e. The molecule has 1 aromatic heterocycles. The zero-order chi connectivity index (χ0) is 9.97. The number of rotatable bonds is 1. The Morgan fingerprint density at radius 1 is 1.29 bits per heavy atom. The van der Waals surface area contributed by atoms with Gasteiger partial charge in [-0.15, -0.1) is 0 Å². The first-order valence-electron chi connectivity index (χ1n) is 4.25. The number of aromatic nitrogens is 1. The van der Waals surface area contributed by atoms with Gasteiger partial charge in [-0.05, 0) is 11.5 Å². The molecule has 1 heterocycles. The molecule has 3 heteroatoms. The van der Waals surface area contributed by atoms with Gasteiger partial charge in [0.2, 0.25) is 0 Å². The summed E-state index contributed by atoms with van der Waals surface area (Å²) >= 11 is 0. The van der Waals surface area contributed by atoms with Crippen LogP contribution in [-0.2, 0) is 4.74 Å². The van der Waals surface area contributed by atoms with Crippen LogP contribution in [0.5, 0.6) is 0 Å². The van der Waals surface area contributed by atoms with E-state index in [0.717, 1.165) is 10.8 Å². The lowest BCUT2D eigenvalue weighted by Gasteiger charge is -2.02. The van der Waals surface area contributed by atoms with Crippen LogP contribution in [0, 0.1) is 0 Å². The predicted molar refractivity (Wildman–Crippen MR) is 53.1 cm³/mol. The number of methoxy groups -OCH3 is 1. The summed E-state index contributed by atoms with van der Waals surface area (Å²) in [6.45, 7) is 0. The maximum Gasteiger partial charge on any atom is 0.357 e. The molecule has 3 nitrogen and oxygen atoms in total. The highest BCUT2D eigenvalue weighted by atomic mass is 16.5. The molecule has 2 rings (SSSR count). The monoisotopic (exact) mass is 187 g/mol. The molecule has 0 bridgehead atoms. The van der Waals surface area contributed by atoms with Crippen molar-refractivity contribution in [2.75, 3.05) is 7.11 Å². The van der Waals surface area contributed by atoms with Crippen LogP contribution in [-0.4, -0.2) is 18.1 Å². The van der Waals surface area contributed by atoms with E-state index in [-0.39, 0.29) is 0 Å². The summed E-state index contributed by atoms with van der Waals surface area (Å²) in [6, 6.07) is 9.44. The SMILES string of the molecule is COC(=O)c1nccc2ccccc12. The third-order valence-corrected chi connectivity index (χ3v) is 2.05. The van der Waals surface area contributed by atoms with Crippen molar-refractivity contribution in [1.29, 1.82) is 0 Å². The van der Waals surface area contributed by atoms with Gasteiger partial charge in [0.15, 0.2) is 5.69 Å². The molecule has 0 aliphatic rings. The number of ether oxygens (including phenoxy) is 1. The van der Waals surface area contributed by atoms with Crippen molar-refractivity contribution in [3.8, 4) is 0 Å². The summed E-state index contributed by atoms with van der Waals surface area (Å²) in [5.41, 5.74) is 0.366. The van der Waals surface area contributed by atoms with Crippen molar-refractivity contribution < 1.29 is 9.53 Å². The quantitative estimate of drug-likeness (QED) is 0.641. The van der Waals surface area contributed by atoms with E-state index < -0.39 is 5.97 Å². The summed E-state index contributed by atoms with van der Waals surface area (Å²) in [5.74, 6) is -0.401. The van der Waals surface area contributed by atoms with Gasteiger partial charge >= 0.3 is 5.97 Å². The molecule has 0 N–H and O–H groups in total. The molecular weight excluding hydrogens is 178 g/mol. The van der Waals surface area contributed by atoms with Crippen molar-refractivity contribution in [2.24, 2.45) is 0 Å². The van der Waals surface area contributed by atoms with Crippen molar-refractivity contribution in [3.63, 3.8) is 0 Å². The Morgan fingerprint density at radius 3 is 2.86 bits per heavy atom. The van der Waals surface area contributed by atoms with E-state index in [9.17, 15) is 4.79 Å². The third kappa shape index (κ3) is 1.33. The average molecular weight is 187 g/mol. The van der Waals surface area contributed by atoms with Gasteiger partial charge in [-0.3, -0.25) is 0 Å². The Labute approximate surface area is 81.3 Å². The van der Waals surface area contributed by atoms with Crippen LogP contribution in [0.4, 0.5) is 0 Å². The summed E-state index contributed by atoms with van der Waals surface area (Å²) in [4.78, 5) is 15.3. The second kappa shape index (κ2) is 3.46. The van der Waals surface area contributed by atoms with Crippen LogP contribution in [0.15, 0.2) is 36.5 Å². The minimum Gasteiger partial charge on any atom is -0.464 e. The third-order valence-electron chi connectivity index (χ3n) is 2.05. The lowest BCUT2D eigenvalue weighted by atomic mass is 10.1. The van der Waals surface area contributed by atoms with E-state index in [0.29, 0.717) is 5.69 Å². The molecule has 0 aliphatic carbocycles. The Balaban J connectivity index is 2.71. The Bertz CT molecular complexity index is 474. The number of carbonyl (C=O) groups is 1. The van der Waals surface area contributed by atoms with Crippen LogP contribution < -0.4 is 0 Å². The molecular formula is C11H9NO2. The molecule has 0 amide bonds. The number of esters is 1. The second-order valence-electron chi connectivity index (χ2n) is 2.87. The molecule has 14 heavy (non-hydrogen) atoms. The first-order valence-corrected chi connectivity index (χ1v) is 4.25. The zero-order valence-electron chi connectivity index (χ0n) is 7.73. The summed E-state index contributed by atoms with van der Waals surface area (Å²) in [7, 11) is 1.35. The van der Waals surface area contributed by atoms with Crippen molar-refractivity contribution in [3.05, 3.63) is 42.2 Å². The minimum atomic E-state index is -0.401. The molecule has 0 fully saturated rings. The molecule has 0 aliphatic heterocycles. The number of nitrogens with zero attached hydrogens (tertiary/aromatic N) is 1. The van der Waals surface area contributed by atoms with E-state index in [1.807, 2.05) is 30.3 Å². The van der Waals surface area contributed by atoms with Gasteiger partial charge < -0.3 is 4.74 Å². The molecule has 0 saturated heterocycles. The van der Waals surface area contributed by atoms with Gasteiger partial charge in [-0.1, -0.05) is 24.3 Å². The molecule has 0 saturated carbocycles. The average Bonchev–Trinajstić information content (AvgIpc) is 2.27. The normalized spacial score (nSPS) is 10.1. The fourth-order valence-corrected chi connectivity index (χ4v) is 1.38. The molecule has 0 atom stereocenters. The van der Waals surface area contributed by atoms with Crippen LogP contribution >= 0.6 is 0 Å². The van der Waals surface area contributed by atoms with E-state index in [2.05, 4.69) is 9.72 Å². The minimum absolute atomic E-state index is 0.366. The Kier molecular flexibility index (Phi) is 2.14. The molecule has 2 aromatic rings. The Hall–Kier alpha value is -1.90. The molecule has 0 unspecified atom stereocenters. The highest BCUT2D eigenvalue weighted by Gasteiger charge is 2.10. The van der Waals surface area contributed by atoms with E-state index in [1.54, 1.807) is 6.20 Å². The van der Waals surface area contributed by atoms with Gasteiger partial charge in [-0.2, -0.15) is 0 Å². The van der Waals surface area contributed by atoms with E-state index in [1.165, 1.54) is 7.11 Å². The first-order chi connectivity index (χ1) is 6.83. The van der Waals surface area contributed by atoms with Crippen LogP contribution in [0.1, 0.15) is 10.5 Å². The molecule has 0 spiro atoms. The Morgan fingerprint density at radius 2 is 2.07 bits per heavy atom. The van der Waals surface area contributed by atoms with Gasteiger partial charge in [-0.25, -0.2) is 9.78 Å². The predicted octanol–water partition coefficient (Wildman–Crippen LogP) is 2.02. The lowest BCUT2D eigenvalue weighted by molar-refractivity contribution is 0.0596. The highest BCUT2D eigenvalue weighted by molar-refractivity contribution is 6.02. The maximum atomic E-state index is 11.3. The van der Waals surface area contributed by atoms with E-state index >= 15 is 0 Å². The van der Waals surface area contributed by atoms with Crippen molar-refractivity contribution in [1.82, 2.24) is 4.98 Å². The maximum absolute atomic E-state index is 11.3. The summed E-state index contributed by atoms with van der Waals surface area (Å²) in [5, 5.41) is 1.81. The van der Waals surface area contributed by atoms with Crippen LogP contribution in [0.3, 0.4) is 0 Å². The number of carbonyl (C=O) groups excluding carboxylic acids is 1. The zero-order valence-corrected chi connectivity index (χ0v) is 7.73. The van der Waals surface area contributed by atoms with Gasteiger partial charge in [0.05, 0.1) is 7.11 Å². The second-order valence-corrected chi connectivity index (χ2v) is 2.87. The topological polar surface area (TPSA) is 39.2 Å². The molecule has 1 aromatic carbocycles. The number of fused-ring (bicyclic) bond motifs is 1. The fraction of sp³-hybridized carbons (Fsp3) is 0.0909. The fourth-order valence-electron chi connectivity index (χ4n) is 1.38. The summed E-state index contributed by atoms with van der Waals surface area (Å²) < 4.78 is 4.64. The van der Waals surface area contributed by atoms with Crippen LogP contribution in [0.2, 0.25) is 0 Å². The molecule has 0 radical (unpaired) electrons. The number of benzene rings is 1. The van der Waals surface area contributed by atoms with E-state index in [4.69, 9.17) is 0 Å². The van der Waals surface area contributed by atoms with Gasteiger partial charge in [0.1, 0.15) is 0 Å². The molecule has 70 valence electrons. The van der Waals surface area contributed by atoms with Crippen LogP contribution in [0.25, 0.3) is 10.8 Å². The van der Waals surface area contributed by atoms with Gasteiger partial charge in [0, 0.05) is 11.6 Å².